The zero-order valence-corrected chi connectivity index (χ0v) is 14.2. The Morgan fingerprint density at radius 1 is 1.17 bits per heavy atom. The van der Waals surface area contributed by atoms with Gasteiger partial charge in [-0.15, -0.1) is 0 Å². The van der Waals surface area contributed by atoms with E-state index >= 15 is 0 Å². The first-order valence-electron chi connectivity index (χ1n) is 7.38. The quantitative estimate of drug-likeness (QED) is 0.745. The van der Waals surface area contributed by atoms with Crippen LogP contribution in [-0.4, -0.2) is 35.4 Å². The van der Waals surface area contributed by atoms with E-state index in [1.807, 2.05) is 24.3 Å². The molecule has 124 valence electrons. The molecule has 0 aliphatic rings. The first kappa shape index (κ1) is 16.4. The van der Waals surface area contributed by atoms with Gasteiger partial charge in [0.2, 0.25) is 0 Å². The summed E-state index contributed by atoms with van der Waals surface area (Å²) >= 11 is 1.13. The minimum Gasteiger partial charge on any atom is -0.497 e. The number of amides is 1. The Labute approximate surface area is 143 Å². The number of nitrogens with one attached hydrogen (secondary N) is 1. The van der Waals surface area contributed by atoms with E-state index in [0.717, 1.165) is 34.1 Å². The molecule has 0 bridgehead atoms. The zero-order chi connectivity index (χ0) is 16.9. The molecule has 0 fully saturated rings. The molecule has 7 heteroatoms. The Hall–Kier alpha value is -2.51. The molecule has 24 heavy (non-hydrogen) atoms. The Bertz CT molecular complexity index is 850. The van der Waals surface area contributed by atoms with E-state index in [4.69, 9.17) is 9.47 Å². The molecule has 0 saturated carbocycles. The standard InChI is InChI=1S/C17H17N3O3S/c1-22-13-5-3-4-11(8-13)16(23-2)10-18-17(21)12-6-7-14-15(9-12)20-24-19-14/h3-9,16H,10H2,1-2H3,(H,18,21)/t16-/m0/s1. The minimum atomic E-state index is -0.256. The summed E-state index contributed by atoms with van der Waals surface area (Å²) in [6, 6.07) is 12.9. The van der Waals surface area contributed by atoms with Crippen molar-refractivity contribution < 1.29 is 14.3 Å². The fourth-order valence-corrected chi connectivity index (χ4v) is 2.91. The lowest BCUT2D eigenvalue weighted by Crippen LogP contribution is -2.29. The Kier molecular flexibility index (Phi) is 5.02. The molecule has 0 saturated heterocycles. The average Bonchev–Trinajstić information content (AvgIpc) is 3.10. The molecule has 1 heterocycles. The van der Waals surface area contributed by atoms with Crippen molar-refractivity contribution in [2.45, 2.75) is 6.10 Å². The van der Waals surface area contributed by atoms with Crippen LogP contribution in [0.3, 0.4) is 0 Å². The fourth-order valence-electron chi connectivity index (χ4n) is 2.39. The van der Waals surface area contributed by atoms with E-state index in [1.165, 1.54) is 0 Å². The summed E-state index contributed by atoms with van der Waals surface area (Å²) in [6.45, 7) is 0.357. The van der Waals surface area contributed by atoms with Crippen molar-refractivity contribution in [3.05, 3.63) is 53.6 Å². The zero-order valence-electron chi connectivity index (χ0n) is 13.4. The second-order valence-electron chi connectivity index (χ2n) is 5.18. The van der Waals surface area contributed by atoms with Gasteiger partial charge in [0.15, 0.2) is 0 Å². The smallest absolute Gasteiger partial charge is 0.251 e. The van der Waals surface area contributed by atoms with E-state index in [9.17, 15) is 4.79 Å². The summed E-state index contributed by atoms with van der Waals surface area (Å²) in [5.41, 5.74) is 3.01. The summed E-state index contributed by atoms with van der Waals surface area (Å²) in [6.07, 6.45) is -0.256. The molecule has 0 radical (unpaired) electrons. The van der Waals surface area contributed by atoms with E-state index in [2.05, 4.69) is 14.1 Å². The van der Waals surface area contributed by atoms with Gasteiger partial charge >= 0.3 is 0 Å². The number of carbonyl (C=O) groups is 1. The maximum atomic E-state index is 12.3. The summed E-state index contributed by atoms with van der Waals surface area (Å²) in [5, 5.41) is 2.89. The van der Waals surface area contributed by atoms with Crippen molar-refractivity contribution in [1.29, 1.82) is 0 Å². The molecule has 6 nitrogen and oxygen atoms in total. The lowest BCUT2D eigenvalue weighted by atomic mass is 10.1. The van der Waals surface area contributed by atoms with Crippen molar-refractivity contribution in [3.63, 3.8) is 0 Å². The summed E-state index contributed by atoms with van der Waals surface area (Å²) in [5.74, 6) is 0.581. The second kappa shape index (κ2) is 7.37. The third-order valence-electron chi connectivity index (χ3n) is 3.71. The Morgan fingerprint density at radius 3 is 2.79 bits per heavy atom. The van der Waals surface area contributed by atoms with Crippen molar-refractivity contribution in [3.8, 4) is 5.75 Å². The molecule has 0 aliphatic heterocycles. The van der Waals surface area contributed by atoms with Crippen molar-refractivity contribution in [1.82, 2.24) is 14.1 Å². The van der Waals surface area contributed by atoms with Crippen LogP contribution in [0.4, 0.5) is 0 Å². The highest BCUT2D eigenvalue weighted by Gasteiger charge is 2.14. The summed E-state index contributed by atoms with van der Waals surface area (Å²) < 4.78 is 19.0. The van der Waals surface area contributed by atoms with E-state index < -0.39 is 0 Å². The molecular weight excluding hydrogens is 326 g/mol. The third kappa shape index (κ3) is 3.52. The highest BCUT2D eigenvalue weighted by molar-refractivity contribution is 7.00. The number of rotatable bonds is 6. The van der Waals surface area contributed by atoms with Crippen LogP contribution in [0, 0.1) is 0 Å². The number of aromatic nitrogens is 2. The molecular formula is C17H17N3O3S. The van der Waals surface area contributed by atoms with Gasteiger partial charge in [-0.1, -0.05) is 12.1 Å². The van der Waals surface area contributed by atoms with Crippen molar-refractivity contribution >= 4 is 28.7 Å². The monoisotopic (exact) mass is 343 g/mol. The van der Waals surface area contributed by atoms with E-state index in [-0.39, 0.29) is 12.0 Å². The van der Waals surface area contributed by atoms with Crippen LogP contribution in [-0.2, 0) is 4.74 Å². The van der Waals surface area contributed by atoms with Gasteiger partial charge in [0, 0.05) is 19.2 Å². The molecule has 0 unspecified atom stereocenters. The highest BCUT2D eigenvalue weighted by atomic mass is 32.1. The fraction of sp³-hybridized carbons (Fsp3) is 0.235. The Morgan fingerprint density at radius 2 is 2.00 bits per heavy atom. The molecule has 3 rings (SSSR count). The number of hydrogen-bond donors (Lipinski definition) is 1. The topological polar surface area (TPSA) is 73.3 Å². The highest BCUT2D eigenvalue weighted by Crippen LogP contribution is 2.21. The lowest BCUT2D eigenvalue weighted by molar-refractivity contribution is 0.0827. The second-order valence-corrected chi connectivity index (χ2v) is 5.71. The van der Waals surface area contributed by atoms with Crippen molar-refractivity contribution in [2.75, 3.05) is 20.8 Å². The predicted molar refractivity (Wildman–Crippen MR) is 92.5 cm³/mol. The van der Waals surface area contributed by atoms with E-state index in [1.54, 1.807) is 32.4 Å². The molecule has 1 N–H and O–H groups in total. The number of benzene rings is 2. The maximum absolute atomic E-state index is 12.3. The molecule has 1 atom stereocenters. The lowest BCUT2D eigenvalue weighted by Gasteiger charge is -2.17. The van der Waals surface area contributed by atoms with Crippen LogP contribution >= 0.6 is 11.7 Å². The van der Waals surface area contributed by atoms with Gasteiger partial charge in [-0.05, 0) is 35.9 Å². The number of carbonyl (C=O) groups excluding carboxylic acids is 1. The van der Waals surface area contributed by atoms with Gasteiger partial charge in [0.05, 0.1) is 24.9 Å². The number of hydrogen-bond acceptors (Lipinski definition) is 6. The van der Waals surface area contributed by atoms with Gasteiger partial charge in [0.1, 0.15) is 16.8 Å². The van der Waals surface area contributed by atoms with Gasteiger partial charge < -0.3 is 14.8 Å². The molecule has 1 aromatic heterocycles. The number of methoxy groups -OCH3 is 2. The number of nitrogens with zero attached hydrogens (tertiary/aromatic N) is 2. The van der Waals surface area contributed by atoms with Crippen LogP contribution in [0.2, 0.25) is 0 Å². The largest absolute Gasteiger partial charge is 0.497 e. The van der Waals surface area contributed by atoms with Crippen molar-refractivity contribution in [2.24, 2.45) is 0 Å². The van der Waals surface area contributed by atoms with Gasteiger partial charge in [-0.3, -0.25) is 4.79 Å². The number of ether oxygens (including phenoxy) is 2. The Balaban J connectivity index is 1.69. The SMILES string of the molecule is COc1cccc([C@H](CNC(=O)c2ccc3nsnc3c2)OC)c1. The summed E-state index contributed by atoms with van der Waals surface area (Å²) in [4.78, 5) is 12.3. The normalized spacial score (nSPS) is 12.1. The average molecular weight is 343 g/mol. The van der Waals surface area contributed by atoms with Gasteiger partial charge in [0.25, 0.3) is 5.91 Å². The molecule has 3 aromatic rings. The molecule has 0 spiro atoms. The minimum absolute atomic E-state index is 0.171. The van der Waals surface area contributed by atoms with Crippen LogP contribution in [0.25, 0.3) is 11.0 Å². The molecule has 1 amide bonds. The third-order valence-corrected chi connectivity index (χ3v) is 4.27. The van der Waals surface area contributed by atoms with Gasteiger partial charge in [-0.25, -0.2) is 0 Å². The van der Waals surface area contributed by atoms with E-state index in [0.29, 0.717) is 12.1 Å². The van der Waals surface area contributed by atoms with Gasteiger partial charge in [-0.2, -0.15) is 8.75 Å². The first-order chi connectivity index (χ1) is 11.7. The van der Waals surface area contributed by atoms with Crippen LogP contribution in [0.1, 0.15) is 22.0 Å². The van der Waals surface area contributed by atoms with Crippen LogP contribution in [0.15, 0.2) is 42.5 Å². The summed E-state index contributed by atoms with van der Waals surface area (Å²) in [7, 11) is 3.23. The predicted octanol–water partition coefficient (Wildman–Crippen LogP) is 2.82. The number of fused-ring (bicyclic) bond motifs is 1. The maximum Gasteiger partial charge on any atom is 0.251 e. The van der Waals surface area contributed by atoms with Crippen LogP contribution < -0.4 is 10.1 Å². The molecule has 0 aliphatic carbocycles. The van der Waals surface area contributed by atoms with Crippen LogP contribution in [0.5, 0.6) is 5.75 Å². The molecule has 2 aromatic carbocycles. The first-order valence-corrected chi connectivity index (χ1v) is 8.11.